The highest BCUT2D eigenvalue weighted by atomic mass is 32.2. The van der Waals surface area contributed by atoms with Gasteiger partial charge in [0.2, 0.25) is 5.91 Å². The van der Waals surface area contributed by atoms with Gasteiger partial charge < -0.3 is 10.1 Å². The second-order valence-corrected chi connectivity index (χ2v) is 6.97. The van der Waals surface area contributed by atoms with Crippen LogP contribution in [0.1, 0.15) is 23.4 Å². The van der Waals surface area contributed by atoms with E-state index in [1.165, 1.54) is 6.92 Å². The van der Waals surface area contributed by atoms with Crippen molar-refractivity contribution in [3.05, 3.63) is 65.7 Å². The van der Waals surface area contributed by atoms with Crippen molar-refractivity contribution < 1.29 is 14.3 Å². The van der Waals surface area contributed by atoms with E-state index < -0.39 is 0 Å². The summed E-state index contributed by atoms with van der Waals surface area (Å²) in [7, 11) is 0. The predicted octanol–water partition coefficient (Wildman–Crippen LogP) is 3.09. The molecule has 2 N–H and O–H groups in total. The molecule has 1 heterocycles. The van der Waals surface area contributed by atoms with Crippen LogP contribution >= 0.6 is 11.8 Å². The van der Waals surface area contributed by atoms with E-state index in [2.05, 4.69) is 10.6 Å². The Morgan fingerprint density at radius 2 is 2.00 bits per heavy atom. The molecule has 0 radical (unpaired) electrons. The third-order valence-electron chi connectivity index (χ3n) is 3.80. The van der Waals surface area contributed by atoms with Gasteiger partial charge in [-0.15, -0.1) is 11.8 Å². The average Bonchev–Trinajstić information content (AvgIpc) is 3.10. The van der Waals surface area contributed by atoms with E-state index in [9.17, 15) is 9.59 Å². The summed E-state index contributed by atoms with van der Waals surface area (Å²) >= 11 is 1.66. The molecule has 5 nitrogen and oxygen atoms in total. The fourth-order valence-electron chi connectivity index (χ4n) is 2.61. The number of anilines is 1. The topological polar surface area (TPSA) is 67.4 Å². The Balaban J connectivity index is 1.56. The highest BCUT2D eigenvalue weighted by molar-refractivity contribution is 7.99. The first-order valence-corrected chi connectivity index (χ1v) is 9.12. The number of benzene rings is 2. The lowest BCUT2D eigenvalue weighted by atomic mass is 10.2. The van der Waals surface area contributed by atoms with Crippen molar-refractivity contribution in [2.24, 2.45) is 0 Å². The second kappa shape index (κ2) is 8.18. The monoisotopic (exact) mass is 356 g/mol. The number of nitrogens with one attached hydrogen (secondary N) is 2. The molecule has 0 saturated carbocycles. The SMILES string of the molecule is CC(=O)Nc1cccc(C2N[C@H](C(=O)OCc3ccccc3)CS2)c1. The van der Waals surface area contributed by atoms with Crippen LogP contribution in [0.25, 0.3) is 0 Å². The number of hydrogen-bond donors (Lipinski definition) is 2. The lowest BCUT2D eigenvalue weighted by Gasteiger charge is -2.14. The van der Waals surface area contributed by atoms with Crippen LogP contribution in [0.15, 0.2) is 54.6 Å². The van der Waals surface area contributed by atoms with Gasteiger partial charge in [0, 0.05) is 18.4 Å². The van der Waals surface area contributed by atoms with Gasteiger partial charge in [-0.2, -0.15) is 0 Å². The molecule has 2 aromatic rings. The van der Waals surface area contributed by atoms with Crippen LogP contribution in [0, 0.1) is 0 Å². The van der Waals surface area contributed by atoms with Gasteiger partial charge in [-0.05, 0) is 23.3 Å². The van der Waals surface area contributed by atoms with E-state index in [1.54, 1.807) is 11.8 Å². The molecule has 1 aliphatic heterocycles. The van der Waals surface area contributed by atoms with Crippen molar-refractivity contribution >= 4 is 29.3 Å². The van der Waals surface area contributed by atoms with E-state index in [1.807, 2.05) is 54.6 Å². The predicted molar refractivity (Wildman–Crippen MR) is 99.1 cm³/mol. The quantitative estimate of drug-likeness (QED) is 0.806. The summed E-state index contributed by atoms with van der Waals surface area (Å²) in [4.78, 5) is 23.4. The molecule has 0 aliphatic carbocycles. The molecule has 3 rings (SSSR count). The van der Waals surface area contributed by atoms with E-state index in [0.717, 1.165) is 16.8 Å². The molecule has 0 aromatic heterocycles. The van der Waals surface area contributed by atoms with E-state index in [-0.39, 0.29) is 29.9 Å². The summed E-state index contributed by atoms with van der Waals surface area (Å²) < 4.78 is 5.40. The molecule has 1 saturated heterocycles. The van der Waals surface area contributed by atoms with Gasteiger partial charge in [-0.1, -0.05) is 42.5 Å². The molecule has 0 spiro atoms. The number of rotatable bonds is 5. The van der Waals surface area contributed by atoms with Crippen molar-refractivity contribution in [2.75, 3.05) is 11.1 Å². The molecule has 130 valence electrons. The number of ether oxygens (including phenoxy) is 1. The Morgan fingerprint density at radius 1 is 1.20 bits per heavy atom. The fourth-order valence-corrected chi connectivity index (χ4v) is 3.83. The summed E-state index contributed by atoms with van der Waals surface area (Å²) in [6, 6.07) is 16.9. The molecule has 1 unspecified atom stereocenters. The first kappa shape index (κ1) is 17.5. The minimum absolute atomic E-state index is 0.00276. The summed E-state index contributed by atoms with van der Waals surface area (Å²) in [6.07, 6.45) is 0. The average molecular weight is 356 g/mol. The summed E-state index contributed by atoms with van der Waals surface area (Å²) in [5.74, 6) is 0.311. The Bertz CT molecular complexity index is 751. The maximum absolute atomic E-state index is 12.3. The smallest absolute Gasteiger partial charge is 0.324 e. The number of hydrogen-bond acceptors (Lipinski definition) is 5. The molecule has 1 amide bonds. The Kier molecular flexibility index (Phi) is 5.73. The number of carbonyl (C=O) groups excluding carboxylic acids is 2. The first-order valence-electron chi connectivity index (χ1n) is 8.07. The van der Waals surface area contributed by atoms with Crippen molar-refractivity contribution in [1.82, 2.24) is 5.32 Å². The second-order valence-electron chi connectivity index (χ2n) is 5.83. The number of amides is 1. The van der Waals surface area contributed by atoms with Crippen LogP contribution in [0.4, 0.5) is 5.69 Å². The van der Waals surface area contributed by atoms with Crippen LogP contribution in [-0.4, -0.2) is 23.7 Å². The first-order chi connectivity index (χ1) is 12.1. The molecular weight excluding hydrogens is 336 g/mol. The molecule has 2 aromatic carbocycles. The van der Waals surface area contributed by atoms with Gasteiger partial charge in [-0.3, -0.25) is 14.9 Å². The molecule has 0 bridgehead atoms. The highest BCUT2D eigenvalue weighted by Crippen LogP contribution is 2.34. The number of esters is 1. The van der Waals surface area contributed by atoms with Crippen molar-refractivity contribution in [3.63, 3.8) is 0 Å². The number of thioether (sulfide) groups is 1. The molecule has 25 heavy (non-hydrogen) atoms. The van der Waals surface area contributed by atoms with Crippen molar-refractivity contribution in [1.29, 1.82) is 0 Å². The molecule has 6 heteroatoms. The molecular formula is C19H20N2O3S. The summed E-state index contributed by atoms with van der Waals surface area (Å²) in [5.41, 5.74) is 2.75. The van der Waals surface area contributed by atoms with Crippen LogP contribution in [-0.2, 0) is 20.9 Å². The van der Waals surface area contributed by atoms with Gasteiger partial charge in [0.15, 0.2) is 0 Å². The maximum atomic E-state index is 12.3. The van der Waals surface area contributed by atoms with Crippen LogP contribution in [0.2, 0.25) is 0 Å². The van der Waals surface area contributed by atoms with Crippen LogP contribution in [0.5, 0.6) is 0 Å². The number of carbonyl (C=O) groups is 2. The van der Waals surface area contributed by atoms with Gasteiger partial charge in [-0.25, -0.2) is 0 Å². The normalized spacial score (nSPS) is 19.4. The van der Waals surface area contributed by atoms with Gasteiger partial charge in [0.25, 0.3) is 0 Å². The highest BCUT2D eigenvalue weighted by Gasteiger charge is 2.31. The standard InChI is InChI=1S/C19H20N2O3S/c1-13(22)20-16-9-5-8-15(10-16)18-21-17(12-25-18)19(23)24-11-14-6-3-2-4-7-14/h2-10,17-18,21H,11-12H2,1H3,(H,20,22)/t17-,18?/m0/s1. The molecule has 1 aliphatic rings. The third kappa shape index (κ3) is 4.84. The molecule has 2 atom stereocenters. The lowest BCUT2D eigenvalue weighted by molar-refractivity contribution is -0.146. The third-order valence-corrected chi connectivity index (χ3v) is 5.07. The van der Waals surface area contributed by atoms with Crippen molar-refractivity contribution in [3.8, 4) is 0 Å². The Hall–Kier alpha value is -2.31. The maximum Gasteiger partial charge on any atom is 0.324 e. The van der Waals surface area contributed by atoms with Gasteiger partial charge >= 0.3 is 5.97 Å². The van der Waals surface area contributed by atoms with E-state index in [4.69, 9.17) is 4.74 Å². The van der Waals surface area contributed by atoms with Crippen LogP contribution < -0.4 is 10.6 Å². The Morgan fingerprint density at radius 3 is 2.76 bits per heavy atom. The van der Waals surface area contributed by atoms with E-state index >= 15 is 0 Å². The zero-order valence-corrected chi connectivity index (χ0v) is 14.7. The minimum atomic E-state index is -0.330. The van der Waals surface area contributed by atoms with Gasteiger partial charge in [0.05, 0.1) is 5.37 Å². The Labute approximate surface area is 151 Å². The van der Waals surface area contributed by atoms with Crippen LogP contribution in [0.3, 0.4) is 0 Å². The van der Waals surface area contributed by atoms with E-state index in [0.29, 0.717) is 5.75 Å². The minimum Gasteiger partial charge on any atom is -0.460 e. The summed E-state index contributed by atoms with van der Waals surface area (Å²) in [6.45, 7) is 1.76. The summed E-state index contributed by atoms with van der Waals surface area (Å²) in [5, 5.41) is 6.08. The molecule has 1 fully saturated rings. The van der Waals surface area contributed by atoms with Gasteiger partial charge in [0.1, 0.15) is 12.6 Å². The van der Waals surface area contributed by atoms with Crippen molar-refractivity contribution in [2.45, 2.75) is 24.9 Å². The largest absolute Gasteiger partial charge is 0.460 e. The fraction of sp³-hybridized carbons (Fsp3) is 0.263. The zero-order chi connectivity index (χ0) is 17.6. The lowest BCUT2D eigenvalue weighted by Crippen LogP contribution is -2.35. The zero-order valence-electron chi connectivity index (χ0n) is 13.9.